The smallest absolute Gasteiger partial charge is 0.217 e. The zero-order valence-corrected chi connectivity index (χ0v) is 17.8. The molecule has 5 nitrogen and oxygen atoms in total. The fourth-order valence-corrected chi connectivity index (χ4v) is 3.87. The van der Waals surface area contributed by atoms with Crippen molar-refractivity contribution in [3.05, 3.63) is 46.8 Å². The van der Waals surface area contributed by atoms with Crippen LogP contribution in [0.2, 0.25) is 0 Å². The molecule has 0 radical (unpaired) electrons. The van der Waals surface area contributed by atoms with Gasteiger partial charge in [-0.15, -0.1) is 0 Å². The molecule has 0 aliphatic carbocycles. The Balaban J connectivity index is 2.04. The lowest BCUT2D eigenvalue weighted by Crippen LogP contribution is -2.23. The van der Waals surface area contributed by atoms with Gasteiger partial charge in [0.25, 0.3) is 0 Å². The predicted molar refractivity (Wildman–Crippen MR) is 110 cm³/mol. The molecule has 2 aromatic rings. The van der Waals surface area contributed by atoms with Gasteiger partial charge in [0.1, 0.15) is 0 Å². The molecule has 1 amide bonds. The number of aromatic nitrogens is 2. The molecular formula is C21H29N3O2S. The van der Waals surface area contributed by atoms with Crippen molar-refractivity contribution in [3.63, 3.8) is 0 Å². The van der Waals surface area contributed by atoms with Crippen LogP contribution in [0.4, 0.5) is 0 Å². The second kappa shape index (κ2) is 9.22. The Bertz CT molecular complexity index is 810. The molecule has 2 rings (SSSR count). The fraction of sp³-hybridized carbons (Fsp3) is 0.476. The van der Waals surface area contributed by atoms with Crippen molar-refractivity contribution >= 4 is 23.5 Å². The van der Waals surface area contributed by atoms with Crippen molar-refractivity contribution in [3.8, 4) is 0 Å². The fourth-order valence-electron chi connectivity index (χ4n) is 2.87. The molecule has 1 heterocycles. The monoisotopic (exact) mass is 387 g/mol. The number of hydrogen-bond donors (Lipinski definition) is 1. The zero-order chi connectivity index (χ0) is 20.1. The SMILES string of the molecule is CC(=O)NC(C)c1ccc(C(=O)CSc2nc(C)c(C)n2CC(C)C)cc1. The van der Waals surface area contributed by atoms with Crippen LogP contribution in [0.25, 0.3) is 0 Å². The van der Waals surface area contributed by atoms with E-state index >= 15 is 0 Å². The summed E-state index contributed by atoms with van der Waals surface area (Å²) in [4.78, 5) is 28.4. The van der Waals surface area contributed by atoms with E-state index in [2.05, 4.69) is 35.6 Å². The molecular weight excluding hydrogens is 358 g/mol. The Morgan fingerprint density at radius 2 is 1.78 bits per heavy atom. The highest BCUT2D eigenvalue weighted by molar-refractivity contribution is 7.99. The molecule has 0 bridgehead atoms. The lowest BCUT2D eigenvalue weighted by atomic mass is 10.0. The molecule has 1 aromatic heterocycles. The number of rotatable bonds is 8. The van der Waals surface area contributed by atoms with E-state index in [0.717, 1.165) is 28.7 Å². The third-order valence-corrected chi connectivity index (χ3v) is 5.43. The highest BCUT2D eigenvalue weighted by atomic mass is 32.2. The number of carbonyl (C=O) groups excluding carboxylic acids is 2. The molecule has 0 aliphatic rings. The van der Waals surface area contributed by atoms with E-state index in [9.17, 15) is 9.59 Å². The zero-order valence-electron chi connectivity index (χ0n) is 17.0. The Hall–Kier alpha value is -2.08. The minimum atomic E-state index is -0.0736. The quantitative estimate of drug-likeness (QED) is 0.541. The average Bonchev–Trinajstić information content (AvgIpc) is 2.86. The first kappa shape index (κ1) is 21.2. The molecule has 1 unspecified atom stereocenters. The third kappa shape index (κ3) is 5.70. The minimum absolute atomic E-state index is 0.0680. The average molecular weight is 388 g/mol. The second-order valence-electron chi connectivity index (χ2n) is 7.33. The van der Waals surface area contributed by atoms with Crippen LogP contribution < -0.4 is 5.32 Å². The van der Waals surface area contributed by atoms with Crippen molar-refractivity contribution < 1.29 is 9.59 Å². The molecule has 0 aliphatic heterocycles. The second-order valence-corrected chi connectivity index (χ2v) is 8.27. The van der Waals surface area contributed by atoms with Gasteiger partial charge in [-0.3, -0.25) is 9.59 Å². The summed E-state index contributed by atoms with van der Waals surface area (Å²) < 4.78 is 2.20. The molecule has 1 N–H and O–H groups in total. The Morgan fingerprint density at radius 3 is 2.33 bits per heavy atom. The van der Waals surface area contributed by atoms with Crippen LogP contribution in [0, 0.1) is 19.8 Å². The van der Waals surface area contributed by atoms with E-state index in [4.69, 9.17) is 0 Å². The number of aryl methyl sites for hydroxylation is 1. The maximum Gasteiger partial charge on any atom is 0.217 e. The van der Waals surface area contributed by atoms with Crippen LogP contribution in [0.1, 0.15) is 61.0 Å². The summed E-state index contributed by atoms with van der Waals surface area (Å²) in [7, 11) is 0. The van der Waals surface area contributed by atoms with Crippen molar-refractivity contribution in [1.82, 2.24) is 14.9 Å². The normalized spacial score (nSPS) is 12.3. The maximum absolute atomic E-state index is 12.6. The minimum Gasteiger partial charge on any atom is -0.350 e. The number of nitrogens with one attached hydrogen (secondary N) is 1. The standard InChI is InChI=1S/C21H29N3O2S/c1-13(2)11-24-16(5)14(3)23-21(24)27-12-20(26)19-9-7-18(8-10-19)15(4)22-17(6)25/h7-10,13,15H,11-12H2,1-6H3,(H,22,25). The van der Waals surface area contributed by atoms with Crippen LogP contribution in [0.5, 0.6) is 0 Å². The maximum atomic E-state index is 12.6. The number of Topliss-reactive ketones (excluding diaryl/α,β-unsaturated/α-hetero) is 1. The molecule has 0 saturated heterocycles. The first-order valence-corrected chi connectivity index (χ1v) is 10.2. The third-order valence-electron chi connectivity index (χ3n) is 4.46. The van der Waals surface area contributed by atoms with Crippen LogP contribution in [0.15, 0.2) is 29.4 Å². The van der Waals surface area contributed by atoms with Crippen LogP contribution in [0.3, 0.4) is 0 Å². The summed E-state index contributed by atoms with van der Waals surface area (Å²) >= 11 is 1.49. The van der Waals surface area contributed by atoms with Gasteiger partial charge in [0.05, 0.1) is 17.5 Å². The molecule has 146 valence electrons. The van der Waals surface area contributed by atoms with E-state index in [-0.39, 0.29) is 17.7 Å². The van der Waals surface area contributed by atoms with Crippen LogP contribution in [-0.4, -0.2) is 27.0 Å². The Morgan fingerprint density at radius 1 is 1.15 bits per heavy atom. The molecule has 0 spiro atoms. The van der Waals surface area contributed by atoms with Crippen molar-refractivity contribution in [2.24, 2.45) is 5.92 Å². The summed E-state index contributed by atoms with van der Waals surface area (Å²) in [5.74, 6) is 0.884. The number of thioether (sulfide) groups is 1. The highest BCUT2D eigenvalue weighted by Gasteiger charge is 2.15. The van der Waals surface area contributed by atoms with Gasteiger partial charge in [-0.05, 0) is 32.3 Å². The Labute approximate surface area is 166 Å². The highest BCUT2D eigenvalue weighted by Crippen LogP contribution is 2.24. The molecule has 27 heavy (non-hydrogen) atoms. The van der Waals surface area contributed by atoms with Gasteiger partial charge in [0.2, 0.25) is 5.91 Å². The summed E-state index contributed by atoms with van der Waals surface area (Å²) in [6.07, 6.45) is 0. The van der Waals surface area contributed by atoms with Crippen LogP contribution in [-0.2, 0) is 11.3 Å². The van der Waals surface area contributed by atoms with Gasteiger partial charge >= 0.3 is 0 Å². The van der Waals surface area contributed by atoms with Gasteiger partial charge in [0, 0.05) is 24.7 Å². The predicted octanol–water partition coefficient (Wildman–Crippen LogP) is 4.33. The van der Waals surface area contributed by atoms with Gasteiger partial charge in [-0.1, -0.05) is 49.9 Å². The van der Waals surface area contributed by atoms with E-state index in [1.807, 2.05) is 38.1 Å². The molecule has 6 heteroatoms. The number of nitrogens with zero attached hydrogens (tertiary/aromatic N) is 2. The lowest BCUT2D eigenvalue weighted by molar-refractivity contribution is -0.119. The van der Waals surface area contributed by atoms with E-state index in [1.54, 1.807) is 0 Å². The van der Waals surface area contributed by atoms with E-state index in [0.29, 0.717) is 17.2 Å². The number of amides is 1. The van der Waals surface area contributed by atoms with Gasteiger partial charge < -0.3 is 9.88 Å². The van der Waals surface area contributed by atoms with Crippen molar-refractivity contribution in [2.45, 2.75) is 59.3 Å². The van der Waals surface area contributed by atoms with Gasteiger partial charge in [-0.2, -0.15) is 0 Å². The Kier molecular flexibility index (Phi) is 7.25. The lowest BCUT2D eigenvalue weighted by Gasteiger charge is -2.13. The molecule has 1 aromatic carbocycles. The summed E-state index contributed by atoms with van der Waals surface area (Å²) in [5.41, 5.74) is 3.83. The summed E-state index contributed by atoms with van der Waals surface area (Å²) in [6, 6.07) is 7.37. The topological polar surface area (TPSA) is 64.0 Å². The molecule has 1 atom stereocenters. The first-order chi connectivity index (χ1) is 12.7. The summed E-state index contributed by atoms with van der Waals surface area (Å²) in [6.45, 7) is 12.8. The van der Waals surface area contributed by atoms with Gasteiger partial charge in [0.15, 0.2) is 10.9 Å². The van der Waals surface area contributed by atoms with Crippen molar-refractivity contribution in [1.29, 1.82) is 0 Å². The number of ketones is 1. The van der Waals surface area contributed by atoms with E-state index in [1.165, 1.54) is 18.7 Å². The number of benzene rings is 1. The van der Waals surface area contributed by atoms with Crippen molar-refractivity contribution in [2.75, 3.05) is 5.75 Å². The number of carbonyl (C=O) groups is 2. The largest absolute Gasteiger partial charge is 0.350 e. The first-order valence-electron chi connectivity index (χ1n) is 9.25. The molecule has 0 saturated carbocycles. The summed E-state index contributed by atoms with van der Waals surface area (Å²) in [5, 5.41) is 3.75. The number of hydrogen-bond acceptors (Lipinski definition) is 4. The van der Waals surface area contributed by atoms with Gasteiger partial charge in [-0.25, -0.2) is 4.98 Å². The molecule has 0 fully saturated rings. The van der Waals surface area contributed by atoms with E-state index < -0.39 is 0 Å². The number of imidazole rings is 1. The van der Waals surface area contributed by atoms with Crippen LogP contribution >= 0.6 is 11.8 Å².